The summed E-state index contributed by atoms with van der Waals surface area (Å²) in [5, 5.41) is 0.699. The van der Waals surface area contributed by atoms with Gasteiger partial charge in [-0.05, 0) is 25.1 Å². The fourth-order valence-corrected chi connectivity index (χ4v) is 1.45. The van der Waals surface area contributed by atoms with E-state index < -0.39 is 5.63 Å². The summed E-state index contributed by atoms with van der Waals surface area (Å²) in [5.41, 5.74) is -0.186. The van der Waals surface area contributed by atoms with E-state index in [4.69, 9.17) is 9.15 Å². The molecule has 1 aromatic heterocycles. The molecule has 0 saturated heterocycles. The molecule has 2 aromatic rings. The van der Waals surface area contributed by atoms with Crippen molar-refractivity contribution in [2.75, 3.05) is 6.61 Å². The molecular formula is C12H10O4. The molecule has 0 N–H and O–H groups in total. The van der Waals surface area contributed by atoms with Crippen LogP contribution < -0.4 is 10.4 Å². The lowest BCUT2D eigenvalue weighted by Gasteiger charge is -2.03. The first-order chi connectivity index (χ1) is 7.74. The predicted octanol–water partition coefficient (Wildman–Crippen LogP) is 2.00. The third-order valence-electron chi connectivity index (χ3n) is 2.17. The normalized spacial score (nSPS) is 10.3. The number of aldehydes is 1. The molecule has 1 aromatic carbocycles. The monoisotopic (exact) mass is 218 g/mol. The number of hydrogen-bond donors (Lipinski definition) is 0. The minimum Gasteiger partial charge on any atom is -0.494 e. The molecule has 0 aliphatic carbocycles. The number of carbonyl (C=O) groups excluding carboxylic acids is 1. The maximum atomic E-state index is 11.3. The molecule has 0 fully saturated rings. The summed E-state index contributed by atoms with van der Waals surface area (Å²) in [5.74, 6) is 0.636. The lowest BCUT2D eigenvalue weighted by Crippen LogP contribution is -2.05. The van der Waals surface area contributed by atoms with E-state index in [9.17, 15) is 9.59 Å². The average molecular weight is 218 g/mol. The molecule has 0 radical (unpaired) electrons. The number of fused-ring (bicyclic) bond motifs is 1. The maximum Gasteiger partial charge on any atom is 0.346 e. The SMILES string of the molecule is CCOc1ccc2cc(C=O)c(=O)oc2c1. The molecular weight excluding hydrogens is 208 g/mol. The van der Waals surface area contributed by atoms with Gasteiger partial charge >= 0.3 is 5.63 Å². The van der Waals surface area contributed by atoms with E-state index in [2.05, 4.69) is 0 Å². The quantitative estimate of drug-likeness (QED) is 0.584. The summed E-state index contributed by atoms with van der Waals surface area (Å²) < 4.78 is 10.3. The van der Waals surface area contributed by atoms with Gasteiger partial charge in [-0.25, -0.2) is 4.79 Å². The van der Waals surface area contributed by atoms with Gasteiger partial charge in [0.05, 0.1) is 6.61 Å². The standard InChI is InChI=1S/C12H10O4/c1-2-15-10-4-3-8-5-9(7-13)12(14)16-11(8)6-10/h3-7H,2H2,1H3. The number of ether oxygens (including phenoxy) is 1. The van der Waals surface area contributed by atoms with Crippen LogP contribution in [0.2, 0.25) is 0 Å². The van der Waals surface area contributed by atoms with Crippen LogP contribution in [-0.4, -0.2) is 12.9 Å². The Morgan fingerprint density at radius 2 is 2.19 bits per heavy atom. The van der Waals surface area contributed by atoms with Crippen LogP contribution >= 0.6 is 0 Å². The Hall–Kier alpha value is -2.10. The Bertz CT molecular complexity index is 583. The number of rotatable bonds is 3. The third kappa shape index (κ3) is 1.82. The van der Waals surface area contributed by atoms with Gasteiger partial charge in [-0.2, -0.15) is 0 Å². The highest BCUT2D eigenvalue weighted by atomic mass is 16.5. The van der Waals surface area contributed by atoms with Crippen molar-refractivity contribution in [1.29, 1.82) is 0 Å². The molecule has 0 atom stereocenters. The van der Waals surface area contributed by atoms with Gasteiger partial charge in [-0.1, -0.05) is 0 Å². The fraction of sp³-hybridized carbons (Fsp3) is 0.167. The number of benzene rings is 1. The highest BCUT2D eigenvalue weighted by Gasteiger charge is 2.05. The van der Waals surface area contributed by atoms with Crippen LogP contribution in [0.4, 0.5) is 0 Å². The lowest BCUT2D eigenvalue weighted by atomic mass is 10.2. The second kappa shape index (κ2) is 4.18. The van der Waals surface area contributed by atoms with Crippen molar-refractivity contribution in [1.82, 2.24) is 0 Å². The summed E-state index contributed by atoms with van der Waals surface area (Å²) in [6.45, 7) is 2.41. The van der Waals surface area contributed by atoms with E-state index in [1.165, 1.54) is 6.07 Å². The molecule has 0 unspecified atom stereocenters. The molecule has 0 amide bonds. The summed E-state index contributed by atoms with van der Waals surface area (Å²) >= 11 is 0. The average Bonchev–Trinajstić information content (AvgIpc) is 2.28. The Labute approximate surface area is 91.4 Å². The van der Waals surface area contributed by atoms with E-state index in [1.54, 1.807) is 18.2 Å². The maximum absolute atomic E-state index is 11.3. The van der Waals surface area contributed by atoms with Gasteiger partial charge in [-0.3, -0.25) is 4.79 Å². The molecule has 4 heteroatoms. The summed E-state index contributed by atoms with van der Waals surface area (Å²) in [6.07, 6.45) is 0.488. The molecule has 0 aliphatic heterocycles. The molecule has 0 aliphatic rings. The van der Waals surface area contributed by atoms with Crippen LogP contribution in [0.3, 0.4) is 0 Å². The largest absolute Gasteiger partial charge is 0.494 e. The molecule has 0 bridgehead atoms. The second-order valence-corrected chi connectivity index (χ2v) is 3.24. The van der Waals surface area contributed by atoms with Crippen LogP contribution in [0.1, 0.15) is 17.3 Å². The number of hydrogen-bond acceptors (Lipinski definition) is 4. The Morgan fingerprint density at radius 3 is 2.88 bits per heavy atom. The van der Waals surface area contributed by atoms with E-state index >= 15 is 0 Å². The fourth-order valence-electron chi connectivity index (χ4n) is 1.45. The molecule has 4 nitrogen and oxygen atoms in total. The summed E-state index contributed by atoms with van der Waals surface area (Å²) in [4.78, 5) is 21.9. The lowest BCUT2D eigenvalue weighted by molar-refractivity contribution is 0.112. The Balaban J connectivity index is 2.62. The van der Waals surface area contributed by atoms with Crippen LogP contribution in [-0.2, 0) is 0 Å². The number of carbonyl (C=O) groups is 1. The van der Waals surface area contributed by atoms with Crippen molar-refractivity contribution in [3.63, 3.8) is 0 Å². The van der Waals surface area contributed by atoms with Gasteiger partial charge in [0.1, 0.15) is 16.9 Å². The highest BCUT2D eigenvalue weighted by Crippen LogP contribution is 2.20. The molecule has 0 spiro atoms. The zero-order chi connectivity index (χ0) is 11.5. The first-order valence-corrected chi connectivity index (χ1v) is 4.90. The Morgan fingerprint density at radius 1 is 1.38 bits per heavy atom. The van der Waals surface area contributed by atoms with Gasteiger partial charge in [0.2, 0.25) is 0 Å². The first-order valence-electron chi connectivity index (χ1n) is 4.90. The van der Waals surface area contributed by atoms with E-state index in [0.717, 1.165) is 0 Å². The van der Waals surface area contributed by atoms with Crippen molar-refractivity contribution in [3.8, 4) is 5.75 Å². The van der Waals surface area contributed by atoms with Crippen LogP contribution in [0.15, 0.2) is 33.5 Å². The van der Waals surface area contributed by atoms with Crippen LogP contribution in [0, 0.1) is 0 Å². The van der Waals surface area contributed by atoms with Crippen molar-refractivity contribution in [2.24, 2.45) is 0 Å². The van der Waals surface area contributed by atoms with Gasteiger partial charge in [0, 0.05) is 11.5 Å². The molecule has 82 valence electrons. The molecule has 0 saturated carbocycles. The van der Waals surface area contributed by atoms with Gasteiger partial charge in [-0.15, -0.1) is 0 Å². The third-order valence-corrected chi connectivity index (χ3v) is 2.17. The molecule has 16 heavy (non-hydrogen) atoms. The zero-order valence-corrected chi connectivity index (χ0v) is 8.73. The minimum absolute atomic E-state index is 0.0247. The predicted molar refractivity (Wildman–Crippen MR) is 59.0 cm³/mol. The van der Waals surface area contributed by atoms with Crippen molar-refractivity contribution in [3.05, 3.63) is 40.2 Å². The first kappa shape index (κ1) is 10.4. The summed E-state index contributed by atoms with van der Waals surface area (Å²) in [6, 6.07) is 6.65. The van der Waals surface area contributed by atoms with Crippen LogP contribution in [0.25, 0.3) is 11.0 Å². The summed E-state index contributed by atoms with van der Waals surface area (Å²) in [7, 11) is 0. The molecule has 1 heterocycles. The van der Waals surface area contributed by atoms with Gasteiger partial charge in [0.15, 0.2) is 6.29 Å². The van der Waals surface area contributed by atoms with E-state index in [1.807, 2.05) is 6.92 Å². The zero-order valence-electron chi connectivity index (χ0n) is 8.73. The van der Waals surface area contributed by atoms with Crippen molar-refractivity contribution in [2.45, 2.75) is 6.92 Å². The van der Waals surface area contributed by atoms with Gasteiger partial charge in [0.25, 0.3) is 0 Å². The van der Waals surface area contributed by atoms with E-state index in [-0.39, 0.29) is 5.56 Å². The minimum atomic E-state index is -0.629. The second-order valence-electron chi connectivity index (χ2n) is 3.24. The topological polar surface area (TPSA) is 56.5 Å². The van der Waals surface area contributed by atoms with Crippen LogP contribution in [0.5, 0.6) is 5.75 Å². The van der Waals surface area contributed by atoms with Crippen molar-refractivity contribution >= 4 is 17.3 Å². The van der Waals surface area contributed by atoms with Gasteiger partial charge < -0.3 is 9.15 Å². The smallest absolute Gasteiger partial charge is 0.346 e. The van der Waals surface area contributed by atoms with E-state index in [0.29, 0.717) is 29.6 Å². The highest BCUT2D eigenvalue weighted by molar-refractivity contribution is 5.84. The Kier molecular flexibility index (Phi) is 2.72. The van der Waals surface area contributed by atoms with Crippen molar-refractivity contribution < 1.29 is 13.9 Å². The molecule has 2 rings (SSSR count).